The first-order valence-electron chi connectivity index (χ1n) is 6.98. The lowest BCUT2D eigenvalue weighted by atomic mass is 9.87. The Hall–Kier alpha value is -1.50. The van der Waals surface area contributed by atoms with Crippen LogP contribution in [-0.4, -0.2) is 31.7 Å². The van der Waals surface area contributed by atoms with E-state index in [4.69, 9.17) is 12.2 Å². The molecule has 0 spiro atoms. The average Bonchev–Trinajstić information content (AvgIpc) is 2.49. The Morgan fingerprint density at radius 2 is 1.95 bits per heavy atom. The summed E-state index contributed by atoms with van der Waals surface area (Å²) in [4.78, 5) is 2.43. The number of piperidine rings is 1. The van der Waals surface area contributed by atoms with Gasteiger partial charge >= 0.3 is 0 Å². The standard InChI is InChI=1S/C16H23N3/c1-2-3-11-18-16(14-17)9-12-19(13-10-16)15-7-5-4-6-8-15/h1,4-8,18H,3,9-14,17H2. The quantitative estimate of drug-likeness (QED) is 0.622. The third-order valence-electron chi connectivity index (χ3n) is 4.00. The second kappa shape index (κ2) is 6.60. The fourth-order valence-corrected chi connectivity index (χ4v) is 2.68. The van der Waals surface area contributed by atoms with Gasteiger partial charge in [-0.1, -0.05) is 18.2 Å². The molecule has 19 heavy (non-hydrogen) atoms. The van der Waals surface area contributed by atoms with Crippen molar-refractivity contribution < 1.29 is 0 Å². The van der Waals surface area contributed by atoms with Crippen LogP contribution in [0.25, 0.3) is 0 Å². The Labute approximate surface area is 116 Å². The first kappa shape index (κ1) is 13.9. The maximum atomic E-state index is 5.97. The lowest BCUT2D eigenvalue weighted by Gasteiger charge is -2.42. The van der Waals surface area contributed by atoms with Crippen molar-refractivity contribution in [2.24, 2.45) is 5.73 Å². The van der Waals surface area contributed by atoms with E-state index in [1.54, 1.807) is 0 Å². The van der Waals surface area contributed by atoms with Gasteiger partial charge in [-0.3, -0.25) is 0 Å². The highest BCUT2D eigenvalue weighted by molar-refractivity contribution is 5.46. The van der Waals surface area contributed by atoms with Crippen molar-refractivity contribution in [3.05, 3.63) is 30.3 Å². The van der Waals surface area contributed by atoms with Crippen LogP contribution >= 0.6 is 0 Å². The van der Waals surface area contributed by atoms with E-state index in [0.717, 1.165) is 38.9 Å². The van der Waals surface area contributed by atoms with Crippen molar-refractivity contribution in [1.82, 2.24) is 5.32 Å². The number of hydrogen-bond donors (Lipinski definition) is 2. The van der Waals surface area contributed by atoms with E-state index < -0.39 is 0 Å². The van der Waals surface area contributed by atoms with Crippen molar-refractivity contribution in [1.29, 1.82) is 0 Å². The summed E-state index contributed by atoms with van der Waals surface area (Å²) in [5.41, 5.74) is 7.35. The zero-order valence-corrected chi connectivity index (χ0v) is 11.4. The number of nitrogens with one attached hydrogen (secondary N) is 1. The van der Waals surface area contributed by atoms with Gasteiger partial charge in [-0.15, -0.1) is 12.3 Å². The number of para-hydroxylation sites is 1. The first-order valence-corrected chi connectivity index (χ1v) is 6.98. The van der Waals surface area contributed by atoms with Gasteiger partial charge in [0.05, 0.1) is 0 Å². The molecule has 0 aliphatic carbocycles. The lowest BCUT2D eigenvalue weighted by Crippen LogP contribution is -2.58. The number of anilines is 1. The summed E-state index contributed by atoms with van der Waals surface area (Å²) in [5, 5.41) is 3.56. The normalized spacial score (nSPS) is 18.0. The molecule has 2 rings (SSSR count). The summed E-state index contributed by atoms with van der Waals surface area (Å²) in [6.07, 6.45) is 8.21. The molecule has 0 atom stereocenters. The molecule has 1 aliphatic rings. The Morgan fingerprint density at radius 1 is 1.26 bits per heavy atom. The fraction of sp³-hybridized carbons (Fsp3) is 0.500. The molecule has 1 fully saturated rings. The number of benzene rings is 1. The van der Waals surface area contributed by atoms with Gasteiger partial charge in [0.15, 0.2) is 0 Å². The van der Waals surface area contributed by atoms with Crippen LogP contribution in [0.15, 0.2) is 30.3 Å². The van der Waals surface area contributed by atoms with Crippen LogP contribution in [0.2, 0.25) is 0 Å². The molecular formula is C16H23N3. The molecule has 0 saturated carbocycles. The van der Waals surface area contributed by atoms with Gasteiger partial charge in [0, 0.05) is 43.8 Å². The smallest absolute Gasteiger partial charge is 0.0366 e. The number of rotatable bonds is 5. The number of nitrogens with zero attached hydrogens (tertiary/aromatic N) is 1. The van der Waals surface area contributed by atoms with E-state index >= 15 is 0 Å². The summed E-state index contributed by atoms with van der Waals surface area (Å²) in [6, 6.07) is 10.6. The van der Waals surface area contributed by atoms with Crippen molar-refractivity contribution in [3.63, 3.8) is 0 Å². The Kier molecular flexibility index (Phi) is 4.84. The molecule has 3 heteroatoms. The van der Waals surface area contributed by atoms with Crippen molar-refractivity contribution in [3.8, 4) is 12.3 Å². The molecule has 102 valence electrons. The minimum atomic E-state index is 0.0716. The summed E-state index contributed by atoms with van der Waals surface area (Å²) in [5.74, 6) is 2.67. The molecule has 3 nitrogen and oxygen atoms in total. The maximum absolute atomic E-state index is 5.97. The van der Waals surface area contributed by atoms with Crippen LogP contribution in [0, 0.1) is 12.3 Å². The van der Waals surface area contributed by atoms with Crippen LogP contribution < -0.4 is 16.0 Å². The molecular weight excluding hydrogens is 234 g/mol. The molecule has 1 aliphatic heterocycles. The largest absolute Gasteiger partial charge is 0.371 e. The van der Waals surface area contributed by atoms with Gasteiger partial charge in [-0.05, 0) is 25.0 Å². The van der Waals surface area contributed by atoms with E-state index in [-0.39, 0.29) is 5.54 Å². The maximum Gasteiger partial charge on any atom is 0.0366 e. The summed E-state index contributed by atoms with van der Waals surface area (Å²) >= 11 is 0. The molecule has 1 saturated heterocycles. The molecule has 1 aromatic rings. The van der Waals surface area contributed by atoms with Gasteiger partial charge in [0.2, 0.25) is 0 Å². The molecule has 0 amide bonds. The monoisotopic (exact) mass is 257 g/mol. The first-order chi connectivity index (χ1) is 9.29. The van der Waals surface area contributed by atoms with Crippen LogP contribution in [-0.2, 0) is 0 Å². The second-order valence-corrected chi connectivity index (χ2v) is 5.19. The van der Waals surface area contributed by atoms with E-state index in [0.29, 0.717) is 6.54 Å². The Morgan fingerprint density at radius 3 is 2.53 bits per heavy atom. The van der Waals surface area contributed by atoms with Gasteiger partial charge in [0.25, 0.3) is 0 Å². The Balaban J connectivity index is 1.91. The molecule has 1 heterocycles. The summed E-state index contributed by atoms with van der Waals surface area (Å²) < 4.78 is 0. The predicted octanol–water partition coefficient (Wildman–Crippen LogP) is 1.60. The minimum Gasteiger partial charge on any atom is -0.371 e. The third kappa shape index (κ3) is 3.50. The van der Waals surface area contributed by atoms with E-state index in [2.05, 4.69) is 46.5 Å². The van der Waals surface area contributed by atoms with Gasteiger partial charge < -0.3 is 16.0 Å². The highest BCUT2D eigenvalue weighted by Crippen LogP contribution is 2.25. The Bertz CT molecular complexity index is 413. The average molecular weight is 257 g/mol. The minimum absolute atomic E-state index is 0.0716. The highest BCUT2D eigenvalue weighted by Gasteiger charge is 2.32. The predicted molar refractivity (Wildman–Crippen MR) is 81.1 cm³/mol. The van der Waals surface area contributed by atoms with Gasteiger partial charge in [-0.2, -0.15) is 0 Å². The van der Waals surface area contributed by atoms with E-state index in [9.17, 15) is 0 Å². The number of nitrogens with two attached hydrogens (primary N) is 1. The lowest BCUT2D eigenvalue weighted by molar-refractivity contribution is 0.269. The molecule has 1 aromatic carbocycles. The summed E-state index contributed by atoms with van der Waals surface area (Å²) in [7, 11) is 0. The van der Waals surface area contributed by atoms with Gasteiger partial charge in [-0.25, -0.2) is 0 Å². The number of terminal acetylenes is 1. The topological polar surface area (TPSA) is 41.3 Å². The highest BCUT2D eigenvalue weighted by atomic mass is 15.2. The van der Waals surface area contributed by atoms with Crippen molar-refractivity contribution >= 4 is 5.69 Å². The number of hydrogen-bond acceptors (Lipinski definition) is 3. The molecule has 0 bridgehead atoms. The molecule has 0 radical (unpaired) electrons. The van der Waals surface area contributed by atoms with Crippen molar-refractivity contribution in [2.75, 3.05) is 31.1 Å². The summed E-state index contributed by atoms with van der Waals surface area (Å²) in [6.45, 7) is 3.63. The zero-order valence-electron chi connectivity index (χ0n) is 11.4. The van der Waals surface area contributed by atoms with Crippen LogP contribution in [0.4, 0.5) is 5.69 Å². The van der Waals surface area contributed by atoms with Crippen LogP contribution in [0.1, 0.15) is 19.3 Å². The van der Waals surface area contributed by atoms with E-state index in [1.165, 1.54) is 5.69 Å². The third-order valence-corrected chi connectivity index (χ3v) is 4.00. The molecule has 0 unspecified atom stereocenters. The molecule has 3 N–H and O–H groups in total. The van der Waals surface area contributed by atoms with Crippen LogP contribution in [0.5, 0.6) is 0 Å². The zero-order chi connectivity index (χ0) is 13.6. The second-order valence-electron chi connectivity index (χ2n) is 5.19. The fourth-order valence-electron chi connectivity index (χ4n) is 2.68. The van der Waals surface area contributed by atoms with Crippen molar-refractivity contribution in [2.45, 2.75) is 24.8 Å². The van der Waals surface area contributed by atoms with Crippen LogP contribution in [0.3, 0.4) is 0 Å². The van der Waals surface area contributed by atoms with Gasteiger partial charge in [0.1, 0.15) is 0 Å². The van der Waals surface area contributed by atoms with E-state index in [1.807, 2.05) is 0 Å². The SMILES string of the molecule is C#CCCNC1(CN)CCN(c2ccccc2)CC1. The molecule has 0 aromatic heterocycles.